The van der Waals surface area contributed by atoms with Gasteiger partial charge in [-0.3, -0.25) is 4.98 Å². The number of rotatable bonds is 4. The zero-order valence-corrected chi connectivity index (χ0v) is 12.6. The van der Waals surface area contributed by atoms with E-state index < -0.39 is 12.0 Å². The number of pyridine rings is 1. The lowest BCUT2D eigenvalue weighted by Crippen LogP contribution is -2.36. The van der Waals surface area contributed by atoms with Gasteiger partial charge in [0.25, 0.3) is 0 Å². The van der Waals surface area contributed by atoms with Crippen LogP contribution in [-0.4, -0.2) is 42.9 Å². The van der Waals surface area contributed by atoms with Crippen molar-refractivity contribution in [3.05, 3.63) is 24.5 Å². The SMILES string of the molecule is COc1cc2cnccc2c(N2CCCC2C(=O)O)c1OC. The predicted octanol–water partition coefficient (Wildman–Crippen LogP) is 2.31. The highest BCUT2D eigenvalue weighted by Gasteiger charge is 2.34. The molecule has 6 nitrogen and oxygen atoms in total. The van der Waals surface area contributed by atoms with Crippen molar-refractivity contribution in [2.75, 3.05) is 25.7 Å². The summed E-state index contributed by atoms with van der Waals surface area (Å²) < 4.78 is 10.9. The van der Waals surface area contributed by atoms with Crippen LogP contribution in [0.25, 0.3) is 10.8 Å². The van der Waals surface area contributed by atoms with Gasteiger partial charge in [0.15, 0.2) is 11.5 Å². The summed E-state index contributed by atoms with van der Waals surface area (Å²) in [5.41, 5.74) is 0.768. The molecule has 1 aromatic heterocycles. The van der Waals surface area contributed by atoms with Crippen molar-refractivity contribution < 1.29 is 19.4 Å². The van der Waals surface area contributed by atoms with Crippen LogP contribution < -0.4 is 14.4 Å². The monoisotopic (exact) mass is 302 g/mol. The van der Waals surface area contributed by atoms with Gasteiger partial charge in [-0.2, -0.15) is 0 Å². The molecule has 0 aliphatic carbocycles. The van der Waals surface area contributed by atoms with E-state index >= 15 is 0 Å². The Morgan fingerprint density at radius 2 is 2.23 bits per heavy atom. The largest absolute Gasteiger partial charge is 0.493 e. The van der Waals surface area contributed by atoms with Crippen LogP contribution in [0.1, 0.15) is 12.8 Å². The molecule has 2 heterocycles. The molecule has 1 saturated heterocycles. The van der Waals surface area contributed by atoms with Crippen LogP contribution >= 0.6 is 0 Å². The van der Waals surface area contributed by atoms with Crippen LogP contribution in [-0.2, 0) is 4.79 Å². The molecule has 2 aromatic rings. The average molecular weight is 302 g/mol. The fraction of sp³-hybridized carbons (Fsp3) is 0.375. The molecule has 1 atom stereocenters. The molecule has 116 valence electrons. The van der Waals surface area contributed by atoms with Gasteiger partial charge in [-0.1, -0.05) is 0 Å². The summed E-state index contributed by atoms with van der Waals surface area (Å²) in [6.07, 6.45) is 4.91. The fourth-order valence-corrected chi connectivity index (χ4v) is 3.11. The Morgan fingerprint density at radius 1 is 1.41 bits per heavy atom. The second-order valence-corrected chi connectivity index (χ2v) is 5.25. The number of fused-ring (bicyclic) bond motifs is 1. The first-order chi connectivity index (χ1) is 10.7. The Labute approximate surface area is 128 Å². The standard InChI is InChI=1S/C16H18N2O4/c1-21-13-8-10-9-17-6-5-11(10)14(15(13)22-2)18-7-3-4-12(18)16(19)20/h5-6,8-9,12H,3-4,7H2,1-2H3,(H,19,20). The summed E-state index contributed by atoms with van der Waals surface area (Å²) in [6, 6.07) is 3.19. The number of ether oxygens (including phenoxy) is 2. The minimum atomic E-state index is -0.815. The minimum absolute atomic E-state index is 0.544. The van der Waals surface area contributed by atoms with Gasteiger partial charge in [0.2, 0.25) is 0 Å². The lowest BCUT2D eigenvalue weighted by molar-refractivity contribution is -0.138. The molecule has 3 rings (SSSR count). The number of hydrogen-bond acceptors (Lipinski definition) is 5. The van der Waals surface area contributed by atoms with Crippen molar-refractivity contribution in [3.63, 3.8) is 0 Å². The van der Waals surface area contributed by atoms with Gasteiger partial charge >= 0.3 is 5.97 Å². The number of benzene rings is 1. The first-order valence-corrected chi connectivity index (χ1v) is 7.15. The molecule has 0 amide bonds. The third-order valence-corrected chi connectivity index (χ3v) is 4.08. The van der Waals surface area contributed by atoms with Gasteiger partial charge in [0, 0.05) is 29.7 Å². The summed E-state index contributed by atoms with van der Waals surface area (Å²) in [5.74, 6) is 0.327. The van der Waals surface area contributed by atoms with Crippen LogP contribution in [0, 0.1) is 0 Å². The number of aromatic nitrogens is 1. The minimum Gasteiger partial charge on any atom is -0.493 e. The molecule has 0 spiro atoms. The predicted molar refractivity (Wildman–Crippen MR) is 82.9 cm³/mol. The van der Waals surface area contributed by atoms with E-state index in [9.17, 15) is 9.90 Å². The smallest absolute Gasteiger partial charge is 0.326 e. The molecule has 0 radical (unpaired) electrons. The van der Waals surface area contributed by atoms with Crippen LogP contribution in [0.2, 0.25) is 0 Å². The Kier molecular flexibility index (Phi) is 3.75. The van der Waals surface area contributed by atoms with E-state index in [0.717, 1.165) is 22.9 Å². The maximum Gasteiger partial charge on any atom is 0.326 e. The van der Waals surface area contributed by atoms with Crippen LogP contribution in [0.4, 0.5) is 5.69 Å². The molecule has 1 unspecified atom stereocenters. The van der Waals surface area contributed by atoms with Gasteiger partial charge in [0.1, 0.15) is 6.04 Å². The van der Waals surface area contributed by atoms with Crippen molar-refractivity contribution in [2.24, 2.45) is 0 Å². The van der Waals surface area contributed by atoms with Gasteiger partial charge in [-0.05, 0) is 25.0 Å². The first kappa shape index (κ1) is 14.4. The summed E-state index contributed by atoms with van der Waals surface area (Å²) >= 11 is 0. The maximum atomic E-state index is 11.5. The van der Waals surface area contributed by atoms with E-state index in [1.807, 2.05) is 17.0 Å². The van der Waals surface area contributed by atoms with Gasteiger partial charge < -0.3 is 19.5 Å². The number of aliphatic carboxylic acids is 1. The zero-order chi connectivity index (χ0) is 15.7. The van der Waals surface area contributed by atoms with E-state index in [1.54, 1.807) is 26.6 Å². The number of carboxylic acid groups (broad SMARTS) is 1. The number of hydrogen-bond donors (Lipinski definition) is 1. The molecule has 0 bridgehead atoms. The number of nitrogens with zero attached hydrogens (tertiary/aromatic N) is 2. The van der Waals surface area contributed by atoms with Crippen molar-refractivity contribution in [1.29, 1.82) is 0 Å². The fourth-order valence-electron chi connectivity index (χ4n) is 3.11. The van der Waals surface area contributed by atoms with Crippen LogP contribution in [0.3, 0.4) is 0 Å². The van der Waals surface area contributed by atoms with E-state index in [2.05, 4.69) is 4.98 Å². The highest BCUT2D eigenvalue weighted by atomic mass is 16.5. The quantitative estimate of drug-likeness (QED) is 0.934. The molecule has 0 saturated carbocycles. The van der Waals surface area contributed by atoms with Gasteiger partial charge in [-0.25, -0.2) is 4.79 Å². The van der Waals surface area contributed by atoms with Crippen LogP contribution in [0.5, 0.6) is 11.5 Å². The third kappa shape index (κ3) is 2.20. The number of methoxy groups -OCH3 is 2. The summed E-state index contributed by atoms with van der Waals surface area (Å²) in [4.78, 5) is 17.6. The Bertz CT molecular complexity index is 717. The van der Waals surface area contributed by atoms with Crippen LogP contribution in [0.15, 0.2) is 24.5 Å². The van der Waals surface area contributed by atoms with Gasteiger partial charge in [-0.15, -0.1) is 0 Å². The first-order valence-electron chi connectivity index (χ1n) is 7.15. The number of anilines is 1. The molecular weight excluding hydrogens is 284 g/mol. The normalized spacial score (nSPS) is 17.7. The van der Waals surface area contributed by atoms with E-state index in [-0.39, 0.29) is 0 Å². The third-order valence-electron chi connectivity index (χ3n) is 4.08. The number of carboxylic acids is 1. The second kappa shape index (κ2) is 5.71. The molecule has 1 N–H and O–H groups in total. The Hall–Kier alpha value is -2.50. The van der Waals surface area contributed by atoms with Gasteiger partial charge in [0.05, 0.1) is 19.9 Å². The summed E-state index contributed by atoms with van der Waals surface area (Å²) in [5, 5.41) is 11.3. The molecule has 6 heteroatoms. The van der Waals surface area contributed by atoms with E-state index in [0.29, 0.717) is 24.5 Å². The molecule has 1 aliphatic rings. The summed E-state index contributed by atoms with van der Waals surface area (Å²) in [6.45, 7) is 0.678. The van der Waals surface area contributed by atoms with Crippen molar-refractivity contribution in [2.45, 2.75) is 18.9 Å². The van der Waals surface area contributed by atoms with Crippen molar-refractivity contribution in [3.8, 4) is 11.5 Å². The Morgan fingerprint density at radius 3 is 2.91 bits per heavy atom. The Balaban J connectivity index is 2.28. The lowest BCUT2D eigenvalue weighted by Gasteiger charge is -2.28. The second-order valence-electron chi connectivity index (χ2n) is 5.25. The average Bonchev–Trinajstić information content (AvgIpc) is 3.02. The molecule has 1 aromatic carbocycles. The molecule has 1 aliphatic heterocycles. The van der Waals surface area contributed by atoms with E-state index in [4.69, 9.17) is 9.47 Å². The highest BCUT2D eigenvalue weighted by Crippen LogP contribution is 2.45. The van der Waals surface area contributed by atoms with E-state index in [1.165, 1.54) is 0 Å². The number of carbonyl (C=O) groups is 1. The molecular formula is C16H18N2O4. The van der Waals surface area contributed by atoms with Crippen molar-refractivity contribution >= 4 is 22.4 Å². The molecule has 22 heavy (non-hydrogen) atoms. The lowest BCUT2D eigenvalue weighted by atomic mass is 10.1. The highest BCUT2D eigenvalue weighted by molar-refractivity contribution is 6.00. The summed E-state index contributed by atoms with van der Waals surface area (Å²) in [7, 11) is 3.14. The zero-order valence-electron chi connectivity index (χ0n) is 12.6. The topological polar surface area (TPSA) is 71.9 Å². The van der Waals surface area contributed by atoms with Crippen molar-refractivity contribution in [1.82, 2.24) is 4.98 Å². The maximum absolute atomic E-state index is 11.5. The molecule has 1 fully saturated rings.